The quantitative estimate of drug-likeness (QED) is 0.796. The van der Waals surface area contributed by atoms with Crippen LogP contribution in [-0.4, -0.2) is 49.1 Å². The van der Waals surface area contributed by atoms with Crippen LogP contribution in [0.5, 0.6) is 0 Å². The fourth-order valence-electron chi connectivity index (χ4n) is 2.94. The Morgan fingerprint density at radius 1 is 1.21 bits per heavy atom. The van der Waals surface area contributed by atoms with E-state index in [1.54, 1.807) is 24.3 Å². The molecule has 1 unspecified atom stereocenters. The summed E-state index contributed by atoms with van der Waals surface area (Å²) in [4.78, 5) is 26.8. The van der Waals surface area contributed by atoms with Crippen molar-refractivity contribution >= 4 is 11.8 Å². The molecule has 1 aliphatic rings. The summed E-state index contributed by atoms with van der Waals surface area (Å²) in [6.45, 7) is 6.89. The summed E-state index contributed by atoms with van der Waals surface area (Å²) >= 11 is 0. The van der Waals surface area contributed by atoms with Crippen LogP contribution >= 0.6 is 0 Å². The van der Waals surface area contributed by atoms with Crippen molar-refractivity contribution in [1.29, 1.82) is 0 Å². The normalized spacial score (nSPS) is 16.8. The molecule has 1 aromatic rings. The van der Waals surface area contributed by atoms with Crippen molar-refractivity contribution < 1.29 is 14.3 Å². The first kappa shape index (κ1) is 18.5. The van der Waals surface area contributed by atoms with E-state index in [1.807, 2.05) is 4.90 Å². The summed E-state index contributed by atoms with van der Waals surface area (Å²) < 4.78 is 5.51. The summed E-state index contributed by atoms with van der Waals surface area (Å²) in [7, 11) is 0. The highest BCUT2D eigenvalue weighted by Crippen LogP contribution is 2.12. The standard InChI is InChI=1S/C19H28N2O3/c1-3-10-21(11-4-2)19(23)16-8-5-7-15(13-16)18(22)20-14-17-9-6-12-24-17/h5,7-8,13,17H,3-4,6,9-12,14H2,1-2H3,(H,20,22). The number of hydrogen-bond acceptors (Lipinski definition) is 3. The Kier molecular flexibility index (Phi) is 7.25. The van der Waals surface area contributed by atoms with Crippen molar-refractivity contribution in [1.82, 2.24) is 10.2 Å². The van der Waals surface area contributed by atoms with Gasteiger partial charge in [0.15, 0.2) is 0 Å². The predicted molar refractivity (Wildman–Crippen MR) is 94.2 cm³/mol. The molecule has 0 aromatic heterocycles. The smallest absolute Gasteiger partial charge is 0.253 e. The van der Waals surface area contributed by atoms with E-state index in [0.717, 1.165) is 45.4 Å². The lowest BCUT2D eigenvalue weighted by Crippen LogP contribution is -2.33. The Hall–Kier alpha value is -1.88. The molecule has 1 N–H and O–H groups in total. The molecule has 5 heteroatoms. The van der Waals surface area contributed by atoms with E-state index in [2.05, 4.69) is 19.2 Å². The molecule has 5 nitrogen and oxygen atoms in total. The van der Waals surface area contributed by atoms with Gasteiger partial charge in [0, 0.05) is 37.4 Å². The molecule has 132 valence electrons. The molecule has 1 atom stereocenters. The van der Waals surface area contributed by atoms with E-state index in [-0.39, 0.29) is 17.9 Å². The molecule has 2 amide bonds. The first-order chi connectivity index (χ1) is 11.7. The van der Waals surface area contributed by atoms with Crippen molar-refractivity contribution in [2.45, 2.75) is 45.6 Å². The van der Waals surface area contributed by atoms with Gasteiger partial charge in [0.2, 0.25) is 0 Å². The van der Waals surface area contributed by atoms with Gasteiger partial charge in [0.1, 0.15) is 0 Å². The lowest BCUT2D eigenvalue weighted by Gasteiger charge is -2.21. The molecule has 2 rings (SSSR count). The topological polar surface area (TPSA) is 58.6 Å². The average Bonchev–Trinajstić information content (AvgIpc) is 3.12. The molecule has 1 aromatic carbocycles. The first-order valence-corrected chi connectivity index (χ1v) is 8.94. The van der Waals surface area contributed by atoms with Crippen LogP contribution in [-0.2, 0) is 4.74 Å². The maximum atomic E-state index is 12.6. The molecule has 0 saturated carbocycles. The lowest BCUT2D eigenvalue weighted by atomic mass is 10.1. The van der Waals surface area contributed by atoms with Crippen LogP contribution in [0.2, 0.25) is 0 Å². The van der Waals surface area contributed by atoms with Gasteiger partial charge in [-0.2, -0.15) is 0 Å². The van der Waals surface area contributed by atoms with Crippen LogP contribution in [0, 0.1) is 0 Å². The molecule has 0 spiro atoms. The molecular weight excluding hydrogens is 304 g/mol. The second-order valence-electron chi connectivity index (χ2n) is 6.22. The van der Waals surface area contributed by atoms with Crippen LogP contribution in [0.15, 0.2) is 24.3 Å². The van der Waals surface area contributed by atoms with Crippen molar-refractivity contribution in [3.8, 4) is 0 Å². The van der Waals surface area contributed by atoms with Crippen LogP contribution in [0.25, 0.3) is 0 Å². The number of ether oxygens (including phenoxy) is 1. The van der Waals surface area contributed by atoms with Gasteiger partial charge < -0.3 is 15.0 Å². The van der Waals surface area contributed by atoms with E-state index < -0.39 is 0 Å². The lowest BCUT2D eigenvalue weighted by molar-refractivity contribution is 0.0755. The third-order valence-corrected chi connectivity index (χ3v) is 4.16. The van der Waals surface area contributed by atoms with Gasteiger partial charge in [-0.3, -0.25) is 9.59 Å². The fraction of sp³-hybridized carbons (Fsp3) is 0.579. The maximum absolute atomic E-state index is 12.6. The molecule has 1 aliphatic heterocycles. The molecule has 1 fully saturated rings. The second kappa shape index (κ2) is 9.42. The molecule has 0 aliphatic carbocycles. The third kappa shape index (κ3) is 5.06. The minimum absolute atomic E-state index is 0.00697. The average molecular weight is 332 g/mol. The maximum Gasteiger partial charge on any atom is 0.253 e. The molecule has 1 heterocycles. The van der Waals surface area contributed by atoms with Crippen molar-refractivity contribution in [3.63, 3.8) is 0 Å². The largest absolute Gasteiger partial charge is 0.376 e. The number of nitrogens with zero attached hydrogens (tertiary/aromatic N) is 1. The summed E-state index contributed by atoms with van der Waals surface area (Å²) in [6, 6.07) is 6.97. The Labute approximate surface area is 144 Å². The minimum Gasteiger partial charge on any atom is -0.376 e. The molecule has 0 bridgehead atoms. The van der Waals surface area contributed by atoms with E-state index >= 15 is 0 Å². The van der Waals surface area contributed by atoms with Gasteiger partial charge in [-0.25, -0.2) is 0 Å². The summed E-state index contributed by atoms with van der Waals surface area (Å²) in [6.07, 6.45) is 4.00. The van der Waals surface area contributed by atoms with Gasteiger partial charge in [-0.1, -0.05) is 19.9 Å². The van der Waals surface area contributed by atoms with Crippen LogP contribution in [0.3, 0.4) is 0 Å². The highest BCUT2D eigenvalue weighted by molar-refractivity contribution is 5.99. The van der Waals surface area contributed by atoms with Crippen LogP contribution < -0.4 is 5.32 Å². The molecular formula is C19H28N2O3. The van der Waals surface area contributed by atoms with Crippen molar-refractivity contribution in [3.05, 3.63) is 35.4 Å². The van der Waals surface area contributed by atoms with Gasteiger partial charge in [0.25, 0.3) is 11.8 Å². The molecule has 0 radical (unpaired) electrons. The summed E-state index contributed by atoms with van der Waals surface area (Å²) in [5, 5.41) is 2.90. The second-order valence-corrected chi connectivity index (χ2v) is 6.22. The van der Waals surface area contributed by atoms with Crippen molar-refractivity contribution in [2.75, 3.05) is 26.2 Å². The zero-order valence-electron chi connectivity index (χ0n) is 14.7. The summed E-state index contributed by atoms with van der Waals surface area (Å²) in [5.74, 6) is -0.162. The Morgan fingerprint density at radius 2 is 1.92 bits per heavy atom. The zero-order chi connectivity index (χ0) is 17.4. The Morgan fingerprint density at radius 3 is 2.54 bits per heavy atom. The van der Waals surface area contributed by atoms with Gasteiger partial charge in [-0.05, 0) is 43.9 Å². The number of carbonyl (C=O) groups excluding carboxylic acids is 2. The molecule has 24 heavy (non-hydrogen) atoms. The number of hydrogen-bond donors (Lipinski definition) is 1. The van der Waals surface area contributed by atoms with Gasteiger partial charge in [0.05, 0.1) is 6.10 Å². The van der Waals surface area contributed by atoms with Crippen LogP contribution in [0.4, 0.5) is 0 Å². The number of amides is 2. The van der Waals surface area contributed by atoms with Crippen LogP contribution in [0.1, 0.15) is 60.2 Å². The highest BCUT2D eigenvalue weighted by Gasteiger charge is 2.18. The molecule has 1 saturated heterocycles. The number of rotatable bonds is 8. The van der Waals surface area contributed by atoms with Gasteiger partial charge >= 0.3 is 0 Å². The Bertz CT molecular complexity index is 547. The number of nitrogens with one attached hydrogen (secondary N) is 1. The number of carbonyl (C=O) groups is 2. The third-order valence-electron chi connectivity index (χ3n) is 4.16. The SMILES string of the molecule is CCCN(CCC)C(=O)c1cccc(C(=O)NCC2CCCO2)c1. The highest BCUT2D eigenvalue weighted by atomic mass is 16.5. The fourth-order valence-corrected chi connectivity index (χ4v) is 2.94. The van der Waals surface area contributed by atoms with E-state index in [9.17, 15) is 9.59 Å². The van der Waals surface area contributed by atoms with E-state index in [0.29, 0.717) is 17.7 Å². The Balaban J connectivity index is 2.00. The summed E-state index contributed by atoms with van der Waals surface area (Å²) in [5.41, 5.74) is 1.09. The van der Waals surface area contributed by atoms with Crippen molar-refractivity contribution in [2.24, 2.45) is 0 Å². The predicted octanol–water partition coefficient (Wildman–Crippen LogP) is 2.86. The van der Waals surface area contributed by atoms with Gasteiger partial charge in [-0.15, -0.1) is 0 Å². The zero-order valence-corrected chi connectivity index (χ0v) is 14.7. The monoisotopic (exact) mass is 332 g/mol. The van der Waals surface area contributed by atoms with E-state index in [1.165, 1.54) is 0 Å². The number of benzene rings is 1. The first-order valence-electron chi connectivity index (χ1n) is 8.94. The minimum atomic E-state index is -0.155. The van der Waals surface area contributed by atoms with E-state index in [4.69, 9.17) is 4.74 Å².